The van der Waals surface area contributed by atoms with E-state index in [1.807, 2.05) is 31.2 Å². The molecule has 2 fully saturated rings. The van der Waals surface area contributed by atoms with Gasteiger partial charge in [-0.15, -0.1) is 0 Å². The molecular formula is C29H37N3O3. The Morgan fingerprint density at radius 3 is 2.54 bits per heavy atom. The monoisotopic (exact) mass is 475 g/mol. The average molecular weight is 476 g/mol. The molecule has 5 rings (SSSR count). The molecule has 0 radical (unpaired) electrons. The highest BCUT2D eigenvalue weighted by molar-refractivity contribution is 5.82. The number of likely N-dealkylation sites (tertiary alicyclic amines) is 1. The molecule has 35 heavy (non-hydrogen) atoms. The van der Waals surface area contributed by atoms with Gasteiger partial charge >= 0.3 is 0 Å². The second-order valence-corrected chi connectivity index (χ2v) is 10.1. The molecule has 2 unspecified atom stereocenters. The minimum absolute atomic E-state index is 0.0606. The van der Waals surface area contributed by atoms with Crippen molar-refractivity contribution in [2.24, 2.45) is 5.92 Å². The summed E-state index contributed by atoms with van der Waals surface area (Å²) in [5.74, 6) is 1.07. The van der Waals surface area contributed by atoms with Crippen LogP contribution in [0, 0.1) is 5.92 Å². The van der Waals surface area contributed by atoms with E-state index < -0.39 is 6.10 Å². The summed E-state index contributed by atoms with van der Waals surface area (Å²) >= 11 is 0. The normalized spacial score (nSPS) is 20.8. The van der Waals surface area contributed by atoms with Crippen LogP contribution >= 0.6 is 0 Å². The van der Waals surface area contributed by atoms with Gasteiger partial charge in [0.1, 0.15) is 5.75 Å². The number of benzene rings is 2. The number of nitrogens with one attached hydrogen (secondary N) is 1. The lowest BCUT2D eigenvalue weighted by Crippen LogP contribution is -2.42. The molecule has 0 spiro atoms. The second-order valence-electron chi connectivity index (χ2n) is 10.1. The van der Waals surface area contributed by atoms with E-state index in [-0.39, 0.29) is 23.8 Å². The number of amides is 2. The lowest BCUT2D eigenvalue weighted by molar-refractivity contribution is -0.134. The predicted molar refractivity (Wildman–Crippen MR) is 136 cm³/mol. The summed E-state index contributed by atoms with van der Waals surface area (Å²) < 4.78 is 6.22. The molecular weight excluding hydrogens is 438 g/mol. The number of hydrogen-bond donors (Lipinski definition) is 1. The van der Waals surface area contributed by atoms with E-state index in [1.54, 1.807) is 0 Å². The maximum Gasteiger partial charge on any atom is 0.261 e. The van der Waals surface area contributed by atoms with E-state index in [1.165, 1.54) is 18.4 Å². The van der Waals surface area contributed by atoms with Crippen molar-refractivity contribution in [3.05, 3.63) is 65.2 Å². The summed E-state index contributed by atoms with van der Waals surface area (Å²) in [4.78, 5) is 30.5. The zero-order valence-electron chi connectivity index (χ0n) is 20.7. The fourth-order valence-corrected chi connectivity index (χ4v) is 5.41. The van der Waals surface area contributed by atoms with Crippen molar-refractivity contribution in [2.45, 2.75) is 57.6 Å². The van der Waals surface area contributed by atoms with Gasteiger partial charge in [0.15, 0.2) is 6.10 Å². The number of carbonyl (C=O) groups excluding carboxylic acids is 2. The van der Waals surface area contributed by atoms with Gasteiger partial charge in [0.05, 0.1) is 6.04 Å². The van der Waals surface area contributed by atoms with Gasteiger partial charge in [-0.2, -0.15) is 0 Å². The first-order valence-corrected chi connectivity index (χ1v) is 13.3. The van der Waals surface area contributed by atoms with Crippen LogP contribution in [0.4, 0.5) is 0 Å². The Hall–Kier alpha value is -2.86. The summed E-state index contributed by atoms with van der Waals surface area (Å²) in [5.41, 5.74) is 3.47. The molecule has 6 nitrogen and oxygen atoms in total. The number of carbonyl (C=O) groups is 2. The van der Waals surface area contributed by atoms with Gasteiger partial charge < -0.3 is 19.9 Å². The fraction of sp³-hybridized carbons (Fsp3) is 0.517. The predicted octanol–water partition coefficient (Wildman–Crippen LogP) is 3.94. The fourth-order valence-electron chi connectivity index (χ4n) is 5.41. The number of ether oxygens (including phenoxy) is 1. The Bertz CT molecular complexity index is 1030. The van der Waals surface area contributed by atoms with Crippen molar-refractivity contribution in [2.75, 3.05) is 32.7 Å². The van der Waals surface area contributed by atoms with Crippen molar-refractivity contribution in [1.29, 1.82) is 0 Å². The topological polar surface area (TPSA) is 61.9 Å². The Morgan fingerprint density at radius 1 is 1.06 bits per heavy atom. The smallest absolute Gasteiger partial charge is 0.261 e. The van der Waals surface area contributed by atoms with Crippen molar-refractivity contribution in [3.63, 3.8) is 0 Å². The number of hydrogen-bond acceptors (Lipinski definition) is 4. The minimum atomic E-state index is -0.533. The molecule has 2 atom stereocenters. The first-order chi connectivity index (χ1) is 17.1. The van der Waals surface area contributed by atoms with E-state index in [2.05, 4.69) is 39.4 Å². The molecule has 186 valence electrons. The third kappa shape index (κ3) is 5.53. The molecule has 2 aromatic carbocycles. The Labute approximate surface area is 208 Å². The van der Waals surface area contributed by atoms with Crippen molar-refractivity contribution >= 4 is 11.8 Å². The molecule has 1 saturated heterocycles. The molecule has 2 amide bonds. The first-order valence-electron chi connectivity index (χ1n) is 13.3. The Balaban J connectivity index is 1.32. The standard InChI is InChI=1S/C29H37N3O3/c1-2-26(28(33)30-15-19-31-16-6-7-17-31)35-24-13-12-21-14-18-32(29(34)23-10-11-23)27(25(21)20-24)22-8-4-3-5-9-22/h3-5,8-9,12-13,20,23,26-27H,2,6-7,10-11,14-19H2,1H3,(H,30,33). The van der Waals surface area contributed by atoms with E-state index >= 15 is 0 Å². The van der Waals surface area contributed by atoms with Crippen molar-refractivity contribution in [3.8, 4) is 5.75 Å². The summed E-state index contributed by atoms with van der Waals surface area (Å²) in [5, 5.41) is 3.06. The largest absolute Gasteiger partial charge is 0.481 e. The van der Waals surface area contributed by atoms with Gasteiger partial charge in [0.2, 0.25) is 5.91 Å². The highest BCUT2D eigenvalue weighted by Crippen LogP contribution is 2.41. The van der Waals surface area contributed by atoms with Gasteiger partial charge in [-0.1, -0.05) is 43.3 Å². The van der Waals surface area contributed by atoms with Crippen LogP contribution in [0.5, 0.6) is 5.75 Å². The number of nitrogens with zero attached hydrogens (tertiary/aromatic N) is 2. The van der Waals surface area contributed by atoms with Gasteiger partial charge in [-0.05, 0) is 80.4 Å². The zero-order chi connectivity index (χ0) is 24.2. The van der Waals surface area contributed by atoms with Gasteiger partial charge in [-0.25, -0.2) is 0 Å². The van der Waals surface area contributed by atoms with Crippen LogP contribution in [0.3, 0.4) is 0 Å². The maximum atomic E-state index is 13.2. The molecule has 3 aliphatic rings. The SMILES string of the molecule is CCC(Oc1ccc2c(c1)C(c1ccccc1)N(C(=O)C1CC1)CC2)C(=O)NCCN1CCCC1. The van der Waals surface area contributed by atoms with Crippen LogP contribution in [0.25, 0.3) is 0 Å². The molecule has 6 heteroatoms. The van der Waals surface area contributed by atoms with Crippen LogP contribution < -0.4 is 10.1 Å². The Kier molecular flexibility index (Phi) is 7.37. The average Bonchev–Trinajstić information content (AvgIpc) is 3.62. The molecule has 0 aromatic heterocycles. The third-order valence-corrected chi connectivity index (χ3v) is 7.54. The zero-order valence-corrected chi connectivity index (χ0v) is 20.7. The summed E-state index contributed by atoms with van der Waals surface area (Å²) in [6, 6.07) is 16.3. The molecule has 2 heterocycles. The molecule has 2 aliphatic heterocycles. The molecule has 1 saturated carbocycles. The van der Waals surface area contributed by atoms with E-state index in [9.17, 15) is 9.59 Å². The van der Waals surface area contributed by atoms with Crippen molar-refractivity contribution < 1.29 is 14.3 Å². The number of rotatable bonds is 9. The van der Waals surface area contributed by atoms with E-state index in [0.717, 1.165) is 56.6 Å². The maximum absolute atomic E-state index is 13.2. The number of fused-ring (bicyclic) bond motifs is 1. The molecule has 0 bridgehead atoms. The quantitative estimate of drug-likeness (QED) is 0.597. The minimum Gasteiger partial charge on any atom is -0.481 e. The van der Waals surface area contributed by atoms with Crippen LogP contribution in [-0.4, -0.2) is 60.4 Å². The molecule has 2 aromatic rings. The first kappa shape index (κ1) is 23.9. The van der Waals surface area contributed by atoms with Crippen molar-refractivity contribution in [1.82, 2.24) is 15.1 Å². The highest BCUT2D eigenvalue weighted by Gasteiger charge is 2.39. The van der Waals surface area contributed by atoms with Crippen LogP contribution in [0.15, 0.2) is 48.5 Å². The van der Waals surface area contributed by atoms with E-state index in [4.69, 9.17) is 4.74 Å². The van der Waals surface area contributed by atoms with Crippen LogP contribution in [0.2, 0.25) is 0 Å². The Morgan fingerprint density at radius 2 is 1.83 bits per heavy atom. The van der Waals surface area contributed by atoms with Gasteiger partial charge in [-0.3, -0.25) is 9.59 Å². The van der Waals surface area contributed by atoms with Crippen LogP contribution in [0.1, 0.15) is 61.8 Å². The lowest BCUT2D eigenvalue weighted by atomic mass is 9.87. The lowest BCUT2D eigenvalue weighted by Gasteiger charge is -2.38. The highest BCUT2D eigenvalue weighted by atomic mass is 16.5. The summed E-state index contributed by atoms with van der Waals surface area (Å²) in [6.07, 6.45) is 5.40. The van der Waals surface area contributed by atoms with E-state index in [0.29, 0.717) is 18.7 Å². The van der Waals surface area contributed by atoms with Gasteiger partial charge in [0, 0.05) is 25.6 Å². The molecule has 1 aliphatic carbocycles. The van der Waals surface area contributed by atoms with Crippen LogP contribution in [-0.2, 0) is 16.0 Å². The van der Waals surface area contributed by atoms with Gasteiger partial charge in [0.25, 0.3) is 5.91 Å². The third-order valence-electron chi connectivity index (χ3n) is 7.54. The molecule has 1 N–H and O–H groups in total. The summed E-state index contributed by atoms with van der Waals surface area (Å²) in [6.45, 7) is 6.51. The summed E-state index contributed by atoms with van der Waals surface area (Å²) in [7, 11) is 0. The second kappa shape index (κ2) is 10.8.